The Morgan fingerprint density at radius 2 is 1.81 bits per heavy atom. The van der Waals surface area contributed by atoms with E-state index in [2.05, 4.69) is 36.8 Å². The van der Waals surface area contributed by atoms with Crippen molar-refractivity contribution < 1.29 is 14.6 Å². The molecule has 1 unspecified atom stereocenters. The number of halogens is 2. The van der Waals surface area contributed by atoms with Crippen LogP contribution in [0.5, 0.6) is 11.5 Å². The number of aromatic nitrogens is 1. The molecule has 21 heavy (non-hydrogen) atoms. The van der Waals surface area contributed by atoms with Crippen LogP contribution >= 0.6 is 31.9 Å². The fourth-order valence-corrected chi connectivity index (χ4v) is 2.78. The monoisotopic (exact) mass is 411 g/mol. The molecule has 0 saturated heterocycles. The Labute approximate surface area is 137 Å². The van der Waals surface area contributed by atoms with Gasteiger partial charge in [0.1, 0.15) is 17.0 Å². The van der Waals surface area contributed by atoms with Crippen molar-refractivity contribution in [3.63, 3.8) is 0 Å². The Morgan fingerprint density at radius 1 is 1.10 bits per heavy atom. The van der Waals surface area contributed by atoms with Crippen molar-refractivity contribution in [3.05, 3.63) is 42.0 Å². The van der Waals surface area contributed by atoms with Crippen LogP contribution in [0.2, 0.25) is 0 Å². The Bertz CT molecular complexity index is 783. The quantitative estimate of drug-likeness (QED) is 0.610. The van der Waals surface area contributed by atoms with Gasteiger partial charge in [0.15, 0.2) is 5.58 Å². The predicted molar refractivity (Wildman–Crippen MR) is 88.2 cm³/mol. The lowest BCUT2D eigenvalue weighted by molar-refractivity contribution is 0.474. The second-order valence-electron chi connectivity index (χ2n) is 4.57. The molecule has 3 aromatic rings. The number of fused-ring (bicyclic) bond motifs is 1. The van der Waals surface area contributed by atoms with Gasteiger partial charge in [-0.15, -0.1) is 0 Å². The van der Waals surface area contributed by atoms with E-state index >= 15 is 0 Å². The summed E-state index contributed by atoms with van der Waals surface area (Å²) < 4.78 is 5.85. The molecule has 0 aliphatic rings. The van der Waals surface area contributed by atoms with Crippen LogP contribution in [0.25, 0.3) is 22.6 Å². The highest BCUT2D eigenvalue weighted by atomic mass is 79.9. The number of benzene rings is 2. The van der Waals surface area contributed by atoms with Crippen molar-refractivity contribution >= 4 is 43.0 Å². The third-order valence-corrected chi connectivity index (χ3v) is 5.42. The Kier molecular flexibility index (Phi) is 3.91. The highest BCUT2D eigenvalue weighted by molar-refractivity contribution is 9.12. The van der Waals surface area contributed by atoms with Gasteiger partial charge in [-0.25, -0.2) is 4.98 Å². The third-order valence-electron chi connectivity index (χ3n) is 3.09. The minimum absolute atomic E-state index is 0.00715. The molecule has 0 fully saturated rings. The Hall–Kier alpha value is -1.53. The molecule has 0 aliphatic heterocycles. The van der Waals surface area contributed by atoms with Crippen molar-refractivity contribution in [1.82, 2.24) is 4.98 Å². The molecule has 1 heterocycles. The van der Waals surface area contributed by atoms with Crippen LogP contribution < -0.4 is 0 Å². The zero-order valence-electron chi connectivity index (χ0n) is 10.8. The number of hydrogen-bond acceptors (Lipinski definition) is 4. The van der Waals surface area contributed by atoms with Gasteiger partial charge in [0.25, 0.3) is 0 Å². The molecule has 0 bridgehead atoms. The van der Waals surface area contributed by atoms with E-state index in [1.54, 1.807) is 36.4 Å². The largest absolute Gasteiger partial charge is 0.508 e. The SMILES string of the molecule is Oc1ccc(-c2nc3cc(O)cc(C(Br)CBr)c3o2)cc1. The van der Waals surface area contributed by atoms with Crippen molar-refractivity contribution in [1.29, 1.82) is 0 Å². The number of alkyl halides is 2. The van der Waals surface area contributed by atoms with Crippen LogP contribution in [0.15, 0.2) is 40.8 Å². The predicted octanol–water partition coefficient (Wildman–Crippen LogP) is 4.74. The summed E-state index contributed by atoms with van der Waals surface area (Å²) in [6.45, 7) is 0. The molecule has 0 amide bonds. The van der Waals surface area contributed by atoms with E-state index in [0.717, 1.165) is 11.1 Å². The molecule has 0 spiro atoms. The molecule has 0 radical (unpaired) electrons. The Balaban J connectivity index is 2.17. The van der Waals surface area contributed by atoms with Crippen molar-refractivity contribution in [2.24, 2.45) is 0 Å². The van der Waals surface area contributed by atoms with Gasteiger partial charge in [-0.3, -0.25) is 0 Å². The van der Waals surface area contributed by atoms with Crippen LogP contribution in [0.1, 0.15) is 10.4 Å². The van der Waals surface area contributed by atoms with Gasteiger partial charge in [0, 0.05) is 22.5 Å². The zero-order valence-corrected chi connectivity index (χ0v) is 13.9. The summed E-state index contributed by atoms with van der Waals surface area (Å²) in [5, 5.41) is 19.8. The normalized spacial score (nSPS) is 12.7. The summed E-state index contributed by atoms with van der Waals surface area (Å²) in [6.07, 6.45) is 0. The van der Waals surface area contributed by atoms with E-state index in [1.807, 2.05) is 0 Å². The average molecular weight is 413 g/mol. The maximum atomic E-state index is 9.82. The number of hydrogen-bond donors (Lipinski definition) is 2. The van der Waals surface area contributed by atoms with Gasteiger partial charge in [-0.05, 0) is 30.3 Å². The highest BCUT2D eigenvalue weighted by Gasteiger charge is 2.17. The highest BCUT2D eigenvalue weighted by Crippen LogP contribution is 2.36. The van der Waals surface area contributed by atoms with E-state index in [4.69, 9.17) is 4.42 Å². The van der Waals surface area contributed by atoms with Crippen LogP contribution in [0.4, 0.5) is 0 Å². The first-order valence-corrected chi connectivity index (χ1v) is 8.25. The topological polar surface area (TPSA) is 66.5 Å². The molecule has 1 atom stereocenters. The average Bonchev–Trinajstić information content (AvgIpc) is 2.89. The third kappa shape index (κ3) is 2.78. The van der Waals surface area contributed by atoms with Gasteiger partial charge in [-0.2, -0.15) is 0 Å². The lowest BCUT2D eigenvalue weighted by atomic mass is 10.1. The molecule has 4 nitrogen and oxygen atoms in total. The maximum Gasteiger partial charge on any atom is 0.227 e. The smallest absolute Gasteiger partial charge is 0.227 e. The fourth-order valence-electron chi connectivity index (χ4n) is 2.09. The van der Waals surface area contributed by atoms with Crippen LogP contribution in [-0.4, -0.2) is 20.5 Å². The fraction of sp³-hybridized carbons (Fsp3) is 0.133. The standard InChI is InChI=1S/C15H11Br2NO3/c16-7-12(17)11-5-10(20)6-13-14(11)21-15(18-13)8-1-3-9(19)4-2-8/h1-6,12,19-20H,7H2. The van der Waals surface area contributed by atoms with Gasteiger partial charge in [0.2, 0.25) is 5.89 Å². The number of aromatic hydroxyl groups is 2. The molecule has 0 saturated carbocycles. The first kappa shape index (κ1) is 14.4. The van der Waals surface area contributed by atoms with E-state index in [0.29, 0.717) is 22.3 Å². The minimum Gasteiger partial charge on any atom is -0.508 e. The lowest BCUT2D eigenvalue weighted by Crippen LogP contribution is -1.91. The van der Waals surface area contributed by atoms with Gasteiger partial charge < -0.3 is 14.6 Å². The number of phenolic OH excluding ortho intramolecular Hbond substituents is 2. The van der Waals surface area contributed by atoms with E-state index in [1.165, 1.54) is 0 Å². The lowest BCUT2D eigenvalue weighted by Gasteiger charge is -2.06. The second kappa shape index (κ2) is 5.69. The summed E-state index contributed by atoms with van der Waals surface area (Å²) in [7, 11) is 0. The van der Waals surface area contributed by atoms with Gasteiger partial charge in [-0.1, -0.05) is 31.9 Å². The van der Waals surface area contributed by atoms with Crippen molar-refractivity contribution in [3.8, 4) is 23.0 Å². The molecule has 108 valence electrons. The summed E-state index contributed by atoms with van der Waals surface area (Å²) in [6, 6.07) is 9.85. The van der Waals surface area contributed by atoms with E-state index < -0.39 is 0 Å². The number of oxazole rings is 1. The number of rotatable bonds is 3. The molecule has 1 aromatic heterocycles. The maximum absolute atomic E-state index is 9.82. The molecule has 2 N–H and O–H groups in total. The van der Waals surface area contributed by atoms with Crippen LogP contribution in [0.3, 0.4) is 0 Å². The molecular formula is C15H11Br2NO3. The molecule has 0 aliphatic carbocycles. The summed E-state index contributed by atoms with van der Waals surface area (Å²) >= 11 is 6.94. The summed E-state index contributed by atoms with van der Waals surface area (Å²) in [4.78, 5) is 4.41. The first-order valence-electron chi connectivity index (χ1n) is 6.21. The van der Waals surface area contributed by atoms with Gasteiger partial charge in [0.05, 0.1) is 4.83 Å². The van der Waals surface area contributed by atoms with E-state index in [9.17, 15) is 10.2 Å². The summed E-state index contributed by atoms with van der Waals surface area (Å²) in [5.74, 6) is 0.785. The van der Waals surface area contributed by atoms with Crippen molar-refractivity contribution in [2.45, 2.75) is 4.83 Å². The Morgan fingerprint density at radius 3 is 2.48 bits per heavy atom. The van der Waals surface area contributed by atoms with Crippen LogP contribution in [-0.2, 0) is 0 Å². The van der Waals surface area contributed by atoms with E-state index in [-0.39, 0.29) is 16.3 Å². The molecule has 3 rings (SSSR count). The van der Waals surface area contributed by atoms with Crippen LogP contribution in [0, 0.1) is 0 Å². The molecule has 2 aromatic carbocycles. The molecule has 6 heteroatoms. The first-order chi connectivity index (χ1) is 10.1. The number of nitrogens with zero attached hydrogens (tertiary/aromatic N) is 1. The minimum atomic E-state index is 0.00715. The van der Waals surface area contributed by atoms with Crippen molar-refractivity contribution in [2.75, 3.05) is 5.33 Å². The van der Waals surface area contributed by atoms with Gasteiger partial charge >= 0.3 is 0 Å². The zero-order chi connectivity index (χ0) is 15.0. The molecular weight excluding hydrogens is 402 g/mol. The number of phenols is 2. The second-order valence-corrected chi connectivity index (χ2v) is 6.32. The summed E-state index contributed by atoms with van der Waals surface area (Å²) in [5.41, 5.74) is 2.83.